The van der Waals surface area contributed by atoms with Crippen LogP contribution in [0.25, 0.3) is 11.4 Å². The van der Waals surface area contributed by atoms with Crippen molar-refractivity contribution < 1.29 is 17.5 Å². The highest BCUT2D eigenvalue weighted by Gasteiger charge is 2.19. The molecule has 1 aliphatic heterocycles. The fraction of sp³-hybridized carbons (Fsp3) is 0.227. The molecule has 0 spiro atoms. The van der Waals surface area contributed by atoms with Gasteiger partial charge in [-0.2, -0.15) is 10.2 Å². The third-order valence-electron chi connectivity index (χ3n) is 5.40. The van der Waals surface area contributed by atoms with Crippen molar-refractivity contribution in [1.29, 1.82) is 0 Å². The molecule has 0 unspecified atom stereocenters. The Hall–Kier alpha value is -4.17. The molecule has 1 fully saturated rings. The summed E-state index contributed by atoms with van der Waals surface area (Å²) in [5, 5.41) is 16.2. The van der Waals surface area contributed by atoms with Gasteiger partial charge in [0, 0.05) is 36.2 Å². The van der Waals surface area contributed by atoms with Crippen molar-refractivity contribution in [2.45, 2.75) is 11.8 Å². The fourth-order valence-corrected chi connectivity index (χ4v) is 4.73. The number of sulfonamides is 1. The first-order chi connectivity index (χ1) is 17.4. The molecule has 4 aromatic rings. The van der Waals surface area contributed by atoms with Gasteiger partial charge in [0.15, 0.2) is 0 Å². The number of morpholine rings is 1. The first-order valence-corrected chi connectivity index (χ1v) is 12.5. The van der Waals surface area contributed by atoms with Gasteiger partial charge in [0.05, 0.1) is 23.7 Å². The number of anilines is 4. The molecule has 0 bridgehead atoms. The minimum Gasteiger partial charge on any atom is -0.378 e. The lowest BCUT2D eigenvalue weighted by atomic mass is 10.2. The Bertz CT molecular complexity index is 1460. The molecule has 12 nitrogen and oxygen atoms in total. The van der Waals surface area contributed by atoms with Crippen LogP contribution < -0.4 is 14.9 Å². The van der Waals surface area contributed by atoms with Crippen LogP contribution in [0.5, 0.6) is 0 Å². The molecular weight excluding hydrogens is 489 g/mol. The van der Waals surface area contributed by atoms with Crippen molar-refractivity contribution in [3.63, 3.8) is 0 Å². The summed E-state index contributed by atoms with van der Waals surface area (Å²) in [4.78, 5) is 11.0. The van der Waals surface area contributed by atoms with E-state index in [0.717, 1.165) is 42.8 Å². The van der Waals surface area contributed by atoms with Gasteiger partial charge in [-0.3, -0.25) is 4.72 Å². The Morgan fingerprint density at radius 2 is 1.78 bits per heavy atom. The van der Waals surface area contributed by atoms with Crippen LogP contribution in [0, 0.1) is 12.7 Å². The maximum atomic E-state index is 14.2. The summed E-state index contributed by atoms with van der Waals surface area (Å²) in [6.07, 6.45) is 0. The Balaban J connectivity index is 1.30. The predicted octanol–water partition coefficient (Wildman–Crippen LogP) is 2.49. The van der Waals surface area contributed by atoms with Gasteiger partial charge in [0.25, 0.3) is 10.0 Å². The second kappa shape index (κ2) is 9.83. The van der Waals surface area contributed by atoms with Crippen molar-refractivity contribution in [2.24, 2.45) is 0 Å². The molecule has 0 aliphatic carbocycles. The molecule has 36 heavy (non-hydrogen) atoms. The summed E-state index contributed by atoms with van der Waals surface area (Å²) < 4.78 is 47.8. The van der Waals surface area contributed by atoms with Gasteiger partial charge < -0.3 is 15.0 Å². The zero-order chi connectivity index (χ0) is 25.1. The first kappa shape index (κ1) is 23.6. The highest BCUT2D eigenvalue weighted by atomic mass is 32.2. The molecule has 0 saturated carbocycles. The van der Waals surface area contributed by atoms with Crippen molar-refractivity contribution in [1.82, 2.24) is 30.6 Å². The molecular formula is C22H22FN9O3S. The molecule has 3 heterocycles. The molecule has 0 radical (unpaired) electrons. The lowest BCUT2D eigenvalue weighted by Crippen LogP contribution is -2.36. The van der Waals surface area contributed by atoms with Gasteiger partial charge >= 0.3 is 0 Å². The Morgan fingerprint density at radius 1 is 1.03 bits per heavy atom. The third-order valence-corrected chi connectivity index (χ3v) is 6.78. The smallest absolute Gasteiger partial charge is 0.261 e. The minimum absolute atomic E-state index is 0.0462. The van der Waals surface area contributed by atoms with Gasteiger partial charge in [-0.25, -0.2) is 17.8 Å². The van der Waals surface area contributed by atoms with Gasteiger partial charge in [-0.1, -0.05) is 0 Å². The molecule has 0 amide bonds. The van der Waals surface area contributed by atoms with Crippen LogP contribution in [0.15, 0.2) is 53.4 Å². The average molecular weight is 512 g/mol. The average Bonchev–Trinajstić information content (AvgIpc) is 3.40. The number of aryl methyl sites for hydroxylation is 1. The van der Waals surface area contributed by atoms with Crippen molar-refractivity contribution in [3.05, 3.63) is 60.0 Å². The van der Waals surface area contributed by atoms with Gasteiger partial charge in [0.2, 0.25) is 11.8 Å². The second-order valence-corrected chi connectivity index (χ2v) is 9.66. The number of ether oxygens (including phenoxy) is 1. The summed E-state index contributed by atoms with van der Waals surface area (Å²) in [6, 6.07) is 11.9. The van der Waals surface area contributed by atoms with E-state index in [9.17, 15) is 12.8 Å². The van der Waals surface area contributed by atoms with E-state index in [1.165, 1.54) is 0 Å². The molecule has 2 aromatic carbocycles. The largest absolute Gasteiger partial charge is 0.378 e. The highest BCUT2D eigenvalue weighted by molar-refractivity contribution is 7.92. The molecule has 2 aromatic heterocycles. The third kappa shape index (κ3) is 5.23. The minimum atomic E-state index is -4.00. The zero-order valence-electron chi connectivity index (χ0n) is 19.1. The van der Waals surface area contributed by atoms with Crippen molar-refractivity contribution in [2.75, 3.05) is 41.2 Å². The van der Waals surface area contributed by atoms with E-state index in [1.54, 1.807) is 24.3 Å². The lowest BCUT2D eigenvalue weighted by Gasteiger charge is -2.28. The number of aromatic amines is 1. The Labute approximate surface area is 206 Å². The van der Waals surface area contributed by atoms with Crippen LogP contribution in [0.1, 0.15) is 5.69 Å². The molecule has 186 valence electrons. The van der Waals surface area contributed by atoms with Gasteiger partial charge in [-0.05, 0) is 54.6 Å². The summed E-state index contributed by atoms with van der Waals surface area (Å²) >= 11 is 0. The van der Waals surface area contributed by atoms with Crippen LogP contribution in [0.3, 0.4) is 0 Å². The molecule has 1 saturated heterocycles. The fourth-order valence-electron chi connectivity index (χ4n) is 3.65. The van der Waals surface area contributed by atoms with E-state index in [-0.39, 0.29) is 16.3 Å². The Kier molecular flexibility index (Phi) is 6.43. The predicted molar refractivity (Wildman–Crippen MR) is 130 cm³/mol. The van der Waals surface area contributed by atoms with Crippen LogP contribution in [-0.2, 0) is 14.8 Å². The number of tetrazole rings is 1. The van der Waals surface area contributed by atoms with Gasteiger partial charge in [0.1, 0.15) is 11.6 Å². The topological polar surface area (TPSA) is 151 Å². The number of hydrogen-bond donors (Lipinski definition) is 3. The number of aromatic nitrogens is 6. The van der Waals surface area contributed by atoms with Crippen molar-refractivity contribution in [3.8, 4) is 11.4 Å². The Morgan fingerprint density at radius 3 is 2.50 bits per heavy atom. The summed E-state index contributed by atoms with van der Waals surface area (Å²) in [7, 11) is -4.00. The number of nitrogens with zero attached hydrogens (tertiary/aromatic N) is 6. The summed E-state index contributed by atoms with van der Waals surface area (Å²) in [5.74, 6) is 0.540. The van der Waals surface area contributed by atoms with Crippen LogP contribution >= 0.6 is 0 Å². The van der Waals surface area contributed by atoms with E-state index in [2.05, 4.69) is 45.5 Å². The number of halogens is 1. The number of rotatable bonds is 7. The SMILES string of the molecule is Cc1cc(N2CCOCC2)nc(Nc2ccc(NS(=O)(=O)c3ccc(F)c(-c4nn[nH]n4)c3)cc2)n1. The lowest BCUT2D eigenvalue weighted by molar-refractivity contribution is 0.122. The van der Waals surface area contributed by atoms with Crippen LogP contribution in [0.4, 0.5) is 27.5 Å². The number of hydrogen-bond acceptors (Lipinski definition) is 10. The highest BCUT2D eigenvalue weighted by Crippen LogP contribution is 2.25. The first-order valence-electron chi connectivity index (χ1n) is 11.0. The zero-order valence-corrected chi connectivity index (χ0v) is 20.0. The van der Waals surface area contributed by atoms with E-state index in [1.807, 2.05) is 13.0 Å². The molecule has 0 atom stereocenters. The van der Waals surface area contributed by atoms with E-state index < -0.39 is 15.8 Å². The van der Waals surface area contributed by atoms with Crippen LogP contribution in [-0.4, -0.2) is 65.3 Å². The molecule has 3 N–H and O–H groups in total. The van der Waals surface area contributed by atoms with Crippen molar-refractivity contribution >= 4 is 33.2 Å². The van der Waals surface area contributed by atoms with Gasteiger partial charge in [-0.15, -0.1) is 10.2 Å². The summed E-state index contributed by atoms with van der Waals surface area (Å²) in [6.45, 7) is 4.72. The maximum absolute atomic E-state index is 14.2. The number of nitrogens with one attached hydrogen (secondary N) is 3. The molecule has 1 aliphatic rings. The molecule has 14 heteroatoms. The summed E-state index contributed by atoms with van der Waals surface area (Å²) in [5.41, 5.74) is 1.74. The maximum Gasteiger partial charge on any atom is 0.261 e. The molecule has 5 rings (SSSR count). The van der Waals surface area contributed by atoms with Crippen LogP contribution in [0.2, 0.25) is 0 Å². The van der Waals surface area contributed by atoms with E-state index in [4.69, 9.17) is 4.74 Å². The number of benzene rings is 2. The monoisotopic (exact) mass is 511 g/mol. The normalized spacial score (nSPS) is 14.0. The quantitative estimate of drug-likeness (QED) is 0.337. The van der Waals surface area contributed by atoms with E-state index in [0.29, 0.717) is 30.5 Å². The standard InChI is InChI=1S/C22H22FN9O3S/c1-14-12-20(32-8-10-35-11-9-32)26-22(24-14)25-15-2-4-16(5-3-15)29-36(33,34)17-6-7-19(23)18(13-17)21-27-30-31-28-21/h2-7,12-13,29H,8-11H2,1H3,(H,24,25,26)(H,27,28,30,31). The second-order valence-electron chi connectivity index (χ2n) is 7.98. The number of H-pyrrole nitrogens is 1. The van der Waals surface area contributed by atoms with E-state index >= 15 is 0 Å².